The Labute approximate surface area is 155 Å². The second kappa shape index (κ2) is 5.40. The van der Waals surface area contributed by atoms with E-state index in [9.17, 15) is 13.2 Å². The van der Waals surface area contributed by atoms with Crippen LogP contribution in [0.2, 0.25) is 0 Å². The molecule has 0 aliphatic carbocycles. The Bertz CT molecular complexity index is 1350. The van der Waals surface area contributed by atoms with Crippen LogP contribution in [0.1, 0.15) is 21.6 Å². The zero-order valence-electron chi connectivity index (χ0n) is 14.4. The molecule has 0 radical (unpaired) electrons. The largest absolute Gasteiger partial charge is 0.347 e. The summed E-state index contributed by atoms with van der Waals surface area (Å²) in [4.78, 5) is 16.7. The van der Waals surface area contributed by atoms with E-state index in [1.807, 2.05) is 25.1 Å². The van der Waals surface area contributed by atoms with Crippen molar-refractivity contribution in [2.24, 2.45) is 0 Å². The van der Waals surface area contributed by atoms with E-state index in [1.165, 1.54) is 3.97 Å². The third-order valence-corrected chi connectivity index (χ3v) is 6.62. The summed E-state index contributed by atoms with van der Waals surface area (Å²) in [5, 5.41) is 4.24. The number of pyridine rings is 1. The molecule has 0 spiro atoms. The van der Waals surface area contributed by atoms with Gasteiger partial charge < -0.3 is 5.32 Å². The molecular formula is C20H15N3O3S. The van der Waals surface area contributed by atoms with Gasteiger partial charge in [-0.15, -0.1) is 0 Å². The maximum absolute atomic E-state index is 13.4. The minimum Gasteiger partial charge on any atom is -0.347 e. The third kappa shape index (κ3) is 2.21. The van der Waals surface area contributed by atoms with Crippen molar-refractivity contribution in [2.75, 3.05) is 0 Å². The number of para-hydroxylation sites is 1. The molecule has 0 saturated heterocycles. The first-order valence-electron chi connectivity index (χ1n) is 8.50. The number of carbonyl (C=O) groups excluding carboxylic acids is 1. The highest BCUT2D eigenvalue weighted by atomic mass is 32.2. The molecule has 5 rings (SSSR count). The Morgan fingerprint density at radius 2 is 1.78 bits per heavy atom. The Hall–Kier alpha value is -3.19. The summed E-state index contributed by atoms with van der Waals surface area (Å²) >= 11 is 0. The highest BCUT2D eigenvalue weighted by Crippen LogP contribution is 2.33. The van der Waals surface area contributed by atoms with Crippen LogP contribution < -0.4 is 5.32 Å². The predicted molar refractivity (Wildman–Crippen MR) is 102 cm³/mol. The molecule has 0 atom stereocenters. The topological polar surface area (TPSA) is 81.1 Å². The van der Waals surface area contributed by atoms with Crippen LogP contribution in [0.15, 0.2) is 59.5 Å². The summed E-state index contributed by atoms with van der Waals surface area (Å²) in [5.41, 5.74) is 2.86. The third-order valence-electron chi connectivity index (χ3n) is 4.90. The Morgan fingerprint density at radius 1 is 1.04 bits per heavy atom. The van der Waals surface area contributed by atoms with Gasteiger partial charge in [-0.25, -0.2) is 17.4 Å². The molecule has 3 heterocycles. The van der Waals surface area contributed by atoms with Crippen molar-refractivity contribution in [3.8, 4) is 0 Å². The van der Waals surface area contributed by atoms with Gasteiger partial charge in [-0.2, -0.15) is 0 Å². The average Bonchev–Trinajstić information content (AvgIpc) is 3.18. The number of amides is 1. The first-order chi connectivity index (χ1) is 13.0. The molecule has 4 aromatic rings. The highest BCUT2D eigenvalue weighted by Gasteiger charge is 2.28. The summed E-state index contributed by atoms with van der Waals surface area (Å²) in [5.74, 6) is -0.281. The van der Waals surface area contributed by atoms with Crippen molar-refractivity contribution in [3.63, 3.8) is 0 Å². The fraction of sp³-hybridized carbons (Fsp3) is 0.100. The smallest absolute Gasteiger partial charge is 0.270 e. The average molecular weight is 377 g/mol. The van der Waals surface area contributed by atoms with Gasteiger partial charge in [0.15, 0.2) is 5.65 Å². The molecule has 134 valence electrons. The minimum atomic E-state index is -3.88. The van der Waals surface area contributed by atoms with E-state index in [4.69, 9.17) is 0 Å². The van der Waals surface area contributed by atoms with Gasteiger partial charge in [0.25, 0.3) is 15.9 Å². The van der Waals surface area contributed by atoms with Gasteiger partial charge in [0.1, 0.15) is 5.69 Å². The Balaban J connectivity index is 1.91. The van der Waals surface area contributed by atoms with Crippen molar-refractivity contribution < 1.29 is 13.2 Å². The number of benzene rings is 2. The van der Waals surface area contributed by atoms with Crippen LogP contribution >= 0.6 is 0 Å². The second-order valence-electron chi connectivity index (χ2n) is 6.65. The van der Waals surface area contributed by atoms with E-state index in [-0.39, 0.29) is 22.1 Å². The molecule has 1 amide bonds. The van der Waals surface area contributed by atoms with E-state index in [1.54, 1.807) is 36.4 Å². The van der Waals surface area contributed by atoms with E-state index in [0.29, 0.717) is 12.1 Å². The molecule has 0 unspecified atom stereocenters. The number of carbonyl (C=O) groups is 1. The zero-order valence-corrected chi connectivity index (χ0v) is 15.2. The molecule has 1 aliphatic rings. The molecule has 2 aromatic carbocycles. The molecule has 0 bridgehead atoms. The van der Waals surface area contributed by atoms with Gasteiger partial charge in [-0.05, 0) is 31.2 Å². The maximum Gasteiger partial charge on any atom is 0.270 e. The van der Waals surface area contributed by atoms with Crippen LogP contribution in [-0.2, 0) is 16.6 Å². The number of hydrogen-bond donors (Lipinski definition) is 1. The maximum atomic E-state index is 13.4. The van der Waals surface area contributed by atoms with E-state index in [0.717, 1.165) is 21.9 Å². The van der Waals surface area contributed by atoms with E-state index >= 15 is 0 Å². The van der Waals surface area contributed by atoms with Crippen molar-refractivity contribution in [1.29, 1.82) is 0 Å². The number of hydrogen-bond acceptors (Lipinski definition) is 4. The molecule has 6 nitrogen and oxygen atoms in total. The van der Waals surface area contributed by atoms with Crippen molar-refractivity contribution >= 4 is 37.9 Å². The summed E-state index contributed by atoms with van der Waals surface area (Å²) in [6.45, 7) is 2.31. The first-order valence-corrected chi connectivity index (χ1v) is 9.94. The minimum absolute atomic E-state index is 0.183. The van der Waals surface area contributed by atoms with Crippen LogP contribution in [-0.4, -0.2) is 23.3 Å². The number of aryl methyl sites for hydroxylation is 1. The molecule has 2 aromatic heterocycles. The fourth-order valence-electron chi connectivity index (χ4n) is 3.54. The zero-order chi connectivity index (χ0) is 18.8. The highest BCUT2D eigenvalue weighted by molar-refractivity contribution is 7.90. The van der Waals surface area contributed by atoms with Gasteiger partial charge >= 0.3 is 0 Å². The summed E-state index contributed by atoms with van der Waals surface area (Å²) in [6, 6.07) is 15.9. The monoisotopic (exact) mass is 377 g/mol. The van der Waals surface area contributed by atoms with Gasteiger partial charge in [0, 0.05) is 22.9 Å². The van der Waals surface area contributed by atoms with Crippen LogP contribution in [0.4, 0.5) is 0 Å². The number of aromatic nitrogens is 2. The van der Waals surface area contributed by atoms with Crippen molar-refractivity contribution in [3.05, 3.63) is 71.4 Å². The lowest BCUT2D eigenvalue weighted by molar-refractivity contribution is 0.0961. The van der Waals surface area contributed by atoms with Crippen LogP contribution in [0.5, 0.6) is 0 Å². The van der Waals surface area contributed by atoms with Gasteiger partial charge in [-0.1, -0.05) is 35.9 Å². The normalized spacial score (nSPS) is 13.9. The summed E-state index contributed by atoms with van der Waals surface area (Å²) < 4.78 is 28.1. The summed E-state index contributed by atoms with van der Waals surface area (Å²) in [7, 11) is -3.88. The first kappa shape index (κ1) is 16.0. The molecular weight excluding hydrogens is 362 g/mol. The molecule has 1 aliphatic heterocycles. The Kier molecular flexibility index (Phi) is 3.21. The van der Waals surface area contributed by atoms with Crippen LogP contribution in [0.3, 0.4) is 0 Å². The predicted octanol–water partition coefficient (Wildman–Crippen LogP) is 2.98. The SMILES string of the molecule is Cc1ccc(S(=O)(=O)n2c3ccccc3c3cc4c(nc32)C(=O)NC4)cc1. The Morgan fingerprint density at radius 3 is 2.56 bits per heavy atom. The fourth-order valence-corrected chi connectivity index (χ4v) is 5.02. The molecule has 0 fully saturated rings. The number of fused-ring (bicyclic) bond motifs is 4. The van der Waals surface area contributed by atoms with Crippen molar-refractivity contribution in [2.45, 2.75) is 18.4 Å². The van der Waals surface area contributed by atoms with Gasteiger partial charge in [-0.3, -0.25) is 4.79 Å². The van der Waals surface area contributed by atoms with Crippen molar-refractivity contribution in [1.82, 2.24) is 14.3 Å². The quantitative estimate of drug-likeness (QED) is 0.582. The lowest BCUT2D eigenvalue weighted by Gasteiger charge is -2.09. The van der Waals surface area contributed by atoms with Gasteiger partial charge in [0.05, 0.1) is 10.4 Å². The molecule has 0 saturated carbocycles. The summed E-state index contributed by atoms with van der Waals surface area (Å²) in [6.07, 6.45) is 0. The van der Waals surface area contributed by atoms with E-state index < -0.39 is 10.0 Å². The standard InChI is InChI=1S/C20H15N3O3S/c1-12-6-8-14(9-7-12)27(25,26)23-17-5-3-2-4-15(17)16-10-13-11-21-20(24)18(13)22-19(16)23/h2-10H,11H2,1H3,(H,21,24). The molecule has 27 heavy (non-hydrogen) atoms. The van der Waals surface area contributed by atoms with Crippen LogP contribution in [0.25, 0.3) is 21.9 Å². The number of nitrogens with one attached hydrogen (secondary N) is 1. The van der Waals surface area contributed by atoms with E-state index in [2.05, 4.69) is 10.3 Å². The lowest BCUT2D eigenvalue weighted by atomic mass is 10.1. The van der Waals surface area contributed by atoms with Gasteiger partial charge in [0.2, 0.25) is 0 Å². The number of nitrogens with zero attached hydrogens (tertiary/aromatic N) is 2. The lowest BCUT2D eigenvalue weighted by Crippen LogP contribution is -2.15. The van der Waals surface area contributed by atoms with Crippen LogP contribution in [0, 0.1) is 6.92 Å². The second-order valence-corrected chi connectivity index (χ2v) is 8.44. The molecule has 1 N–H and O–H groups in total. The number of rotatable bonds is 2. The molecule has 7 heteroatoms.